The van der Waals surface area contributed by atoms with Gasteiger partial charge in [0.2, 0.25) is 5.43 Å². The number of hydrogen-bond donors (Lipinski definition) is 1. The third-order valence-electron chi connectivity index (χ3n) is 2.35. The number of aromatic carboxylic acids is 1. The standard InChI is InChI=1S/C11H10N2O5/c1-17-10-6-13(5-7-2-3-12-18-7)8(11(15)16)4-9(10)14/h2-4,6H,5H2,1H3,(H,15,16). The molecule has 0 saturated heterocycles. The smallest absolute Gasteiger partial charge is 0.352 e. The highest BCUT2D eigenvalue weighted by Crippen LogP contribution is 2.10. The minimum absolute atomic E-state index is 0.0690. The van der Waals surface area contributed by atoms with Gasteiger partial charge in [-0.1, -0.05) is 5.16 Å². The van der Waals surface area contributed by atoms with Crippen LogP contribution in [-0.4, -0.2) is 27.9 Å². The van der Waals surface area contributed by atoms with Gasteiger partial charge in [-0.05, 0) is 0 Å². The molecule has 0 fully saturated rings. The molecule has 0 bridgehead atoms. The predicted molar refractivity (Wildman–Crippen MR) is 59.8 cm³/mol. The quantitative estimate of drug-likeness (QED) is 0.853. The molecule has 94 valence electrons. The second kappa shape index (κ2) is 4.74. The van der Waals surface area contributed by atoms with Gasteiger partial charge in [-0.15, -0.1) is 0 Å². The predicted octanol–water partition coefficient (Wildman–Crippen LogP) is 0.591. The molecule has 0 radical (unpaired) electrons. The zero-order valence-corrected chi connectivity index (χ0v) is 9.49. The van der Waals surface area contributed by atoms with E-state index in [9.17, 15) is 9.59 Å². The van der Waals surface area contributed by atoms with E-state index in [-0.39, 0.29) is 18.0 Å². The van der Waals surface area contributed by atoms with E-state index in [4.69, 9.17) is 14.4 Å². The van der Waals surface area contributed by atoms with Crippen molar-refractivity contribution in [2.45, 2.75) is 6.54 Å². The van der Waals surface area contributed by atoms with Crippen molar-refractivity contribution in [3.63, 3.8) is 0 Å². The molecule has 0 aliphatic heterocycles. The number of ether oxygens (including phenoxy) is 1. The number of nitrogens with zero attached hydrogens (tertiary/aromatic N) is 2. The van der Waals surface area contributed by atoms with Crippen molar-refractivity contribution < 1.29 is 19.2 Å². The highest BCUT2D eigenvalue weighted by Gasteiger charge is 2.14. The van der Waals surface area contributed by atoms with Crippen LogP contribution in [0.15, 0.2) is 33.8 Å². The second-order valence-corrected chi connectivity index (χ2v) is 3.50. The van der Waals surface area contributed by atoms with Crippen LogP contribution in [0.3, 0.4) is 0 Å². The molecule has 7 heteroatoms. The first kappa shape index (κ1) is 11.9. The van der Waals surface area contributed by atoms with E-state index in [1.54, 1.807) is 6.07 Å². The van der Waals surface area contributed by atoms with E-state index in [1.165, 1.54) is 24.1 Å². The van der Waals surface area contributed by atoms with Crippen LogP contribution in [0.1, 0.15) is 16.2 Å². The van der Waals surface area contributed by atoms with Gasteiger partial charge in [-0.2, -0.15) is 0 Å². The summed E-state index contributed by atoms with van der Waals surface area (Å²) >= 11 is 0. The van der Waals surface area contributed by atoms with E-state index >= 15 is 0 Å². The Morgan fingerprint density at radius 1 is 1.61 bits per heavy atom. The highest BCUT2D eigenvalue weighted by molar-refractivity contribution is 5.85. The molecule has 2 heterocycles. The fraction of sp³-hybridized carbons (Fsp3) is 0.182. The summed E-state index contributed by atoms with van der Waals surface area (Å²) < 4.78 is 11.1. The molecular weight excluding hydrogens is 240 g/mol. The Morgan fingerprint density at radius 3 is 2.94 bits per heavy atom. The summed E-state index contributed by atoms with van der Waals surface area (Å²) in [6, 6.07) is 2.62. The minimum atomic E-state index is -1.20. The molecule has 0 amide bonds. The Kier molecular flexibility index (Phi) is 3.13. The normalized spacial score (nSPS) is 10.3. The maximum Gasteiger partial charge on any atom is 0.352 e. The number of hydrogen-bond acceptors (Lipinski definition) is 5. The van der Waals surface area contributed by atoms with Crippen molar-refractivity contribution in [3.8, 4) is 5.75 Å². The van der Waals surface area contributed by atoms with Gasteiger partial charge in [0, 0.05) is 12.1 Å². The summed E-state index contributed by atoms with van der Waals surface area (Å²) in [5.41, 5.74) is -0.624. The van der Waals surface area contributed by atoms with Crippen LogP contribution in [0.25, 0.3) is 0 Å². The van der Waals surface area contributed by atoms with Gasteiger partial charge in [0.05, 0.1) is 26.0 Å². The van der Waals surface area contributed by atoms with Crippen molar-refractivity contribution in [2.24, 2.45) is 0 Å². The molecule has 0 spiro atoms. The van der Waals surface area contributed by atoms with Crippen LogP contribution >= 0.6 is 0 Å². The summed E-state index contributed by atoms with van der Waals surface area (Å²) in [5.74, 6) is -0.656. The minimum Gasteiger partial charge on any atom is -0.491 e. The number of methoxy groups -OCH3 is 1. The number of carbonyl (C=O) groups is 1. The molecule has 1 N–H and O–H groups in total. The van der Waals surface area contributed by atoms with Crippen molar-refractivity contribution in [2.75, 3.05) is 7.11 Å². The average molecular weight is 250 g/mol. The number of pyridine rings is 1. The van der Waals surface area contributed by atoms with Crippen LogP contribution in [0.4, 0.5) is 0 Å². The summed E-state index contributed by atoms with van der Waals surface area (Å²) in [6.07, 6.45) is 2.78. The number of aromatic nitrogens is 2. The molecule has 0 atom stereocenters. The van der Waals surface area contributed by atoms with Crippen molar-refractivity contribution in [3.05, 3.63) is 46.2 Å². The fourth-order valence-electron chi connectivity index (χ4n) is 1.51. The maximum atomic E-state index is 11.5. The molecular formula is C11H10N2O5. The maximum absolute atomic E-state index is 11.5. The van der Waals surface area contributed by atoms with Gasteiger partial charge in [0.15, 0.2) is 11.5 Å². The molecule has 2 aromatic heterocycles. The van der Waals surface area contributed by atoms with Gasteiger partial charge in [-0.3, -0.25) is 4.79 Å². The van der Waals surface area contributed by atoms with Crippen LogP contribution < -0.4 is 10.2 Å². The van der Waals surface area contributed by atoms with E-state index in [0.717, 1.165) is 6.07 Å². The molecule has 7 nitrogen and oxygen atoms in total. The summed E-state index contributed by atoms with van der Waals surface area (Å²) in [5, 5.41) is 12.6. The first-order chi connectivity index (χ1) is 8.61. The van der Waals surface area contributed by atoms with E-state index in [0.29, 0.717) is 5.76 Å². The van der Waals surface area contributed by atoms with Crippen molar-refractivity contribution >= 4 is 5.97 Å². The Morgan fingerprint density at radius 2 is 2.39 bits per heavy atom. The number of carboxylic acids is 1. The lowest BCUT2D eigenvalue weighted by atomic mass is 10.3. The van der Waals surface area contributed by atoms with Gasteiger partial charge in [-0.25, -0.2) is 4.79 Å². The molecule has 2 aromatic rings. The Bertz CT molecular complexity index is 615. The number of rotatable bonds is 4. The fourth-order valence-corrected chi connectivity index (χ4v) is 1.51. The average Bonchev–Trinajstić information content (AvgIpc) is 2.83. The first-order valence-corrected chi connectivity index (χ1v) is 5.03. The molecule has 0 aliphatic rings. The molecule has 0 aliphatic carbocycles. The topological polar surface area (TPSA) is 94.6 Å². The van der Waals surface area contributed by atoms with Crippen molar-refractivity contribution in [1.29, 1.82) is 0 Å². The highest BCUT2D eigenvalue weighted by atomic mass is 16.5. The zero-order valence-electron chi connectivity index (χ0n) is 9.49. The van der Waals surface area contributed by atoms with E-state index in [2.05, 4.69) is 5.16 Å². The Balaban J connectivity index is 2.49. The van der Waals surface area contributed by atoms with Crippen LogP contribution in [0.2, 0.25) is 0 Å². The SMILES string of the molecule is COc1cn(Cc2ccno2)c(C(=O)O)cc1=O. The van der Waals surface area contributed by atoms with Gasteiger partial charge in [0.1, 0.15) is 5.69 Å². The molecule has 2 rings (SSSR count). The van der Waals surface area contributed by atoms with E-state index < -0.39 is 11.4 Å². The van der Waals surface area contributed by atoms with Gasteiger partial charge in [0.25, 0.3) is 0 Å². The lowest BCUT2D eigenvalue weighted by molar-refractivity contribution is 0.0684. The van der Waals surface area contributed by atoms with Crippen LogP contribution in [0, 0.1) is 0 Å². The summed E-state index contributed by atoms with van der Waals surface area (Å²) in [4.78, 5) is 22.5. The molecule has 0 aromatic carbocycles. The zero-order chi connectivity index (χ0) is 13.1. The lowest BCUT2D eigenvalue weighted by Gasteiger charge is -2.10. The largest absolute Gasteiger partial charge is 0.491 e. The van der Waals surface area contributed by atoms with Gasteiger partial charge >= 0.3 is 5.97 Å². The Hall–Kier alpha value is -2.57. The monoisotopic (exact) mass is 250 g/mol. The molecule has 0 saturated carbocycles. The van der Waals surface area contributed by atoms with Crippen molar-refractivity contribution in [1.82, 2.24) is 9.72 Å². The van der Waals surface area contributed by atoms with E-state index in [1.807, 2.05) is 0 Å². The molecule has 18 heavy (non-hydrogen) atoms. The van der Waals surface area contributed by atoms with Crippen LogP contribution in [0.5, 0.6) is 5.75 Å². The van der Waals surface area contributed by atoms with Gasteiger partial charge < -0.3 is 18.9 Å². The summed E-state index contributed by atoms with van der Waals surface area (Å²) in [6.45, 7) is 0.151. The third-order valence-corrected chi connectivity index (χ3v) is 2.35. The second-order valence-electron chi connectivity index (χ2n) is 3.50. The Labute approximate surface area is 101 Å². The first-order valence-electron chi connectivity index (χ1n) is 5.03. The lowest BCUT2D eigenvalue weighted by Crippen LogP contribution is -2.18. The number of carboxylic acid groups (broad SMARTS) is 1. The summed E-state index contributed by atoms with van der Waals surface area (Å²) in [7, 11) is 1.34. The molecule has 0 unspecified atom stereocenters. The van der Waals surface area contributed by atoms with Crippen LogP contribution in [-0.2, 0) is 6.54 Å². The third kappa shape index (κ3) is 2.24.